The molecule has 0 bridgehead atoms. The third-order valence-corrected chi connectivity index (χ3v) is 4.68. The van der Waals surface area contributed by atoms with Crippen LogP contribution in [0.2, 0.25) is 0 Å². The van der Waals surface area contributed by atoms with Gasteiger partial charge in [0.2, 0.25) is 17.7 Å². The van der Waals surface area contributed by atoms with Gasteiger partial charge in [-0.15, -0.1) is 0 Å². The van der Waals surface area contributed by atoms with Crippen LogP contribution in [-0.2, 0) is 20.8 Å². The molecule has 1 aromatic carbocycles. The van der Waals surface area contributed by atoms with Crippen molar-refractivity contribution >= 4 is 17.7 Å². The van der Waals surface area contributed by atoms with E-state index in [-0.39, 0.29) is 23.8 Å². The van der Waals surface area contributed by atoms with Crippen molar-refractivity contribution in [3.8, 4) is 0 Å². The van der Waals surface area contributed by atoms with Gasteiger partial charge in [-0.05, 0) is 18.9 Å². The molecular formula is C18H23N3O3. The third kappa shape index (κ3) is 3.75. The highest BCUT2D eigenvalue weighted by Crippen LogP contribution is 2.13. The predicted octanol–water partition coefficient (Wildman–Crippen LogP) is 0.487. The summed E-state index contributed by atoms with van der Waals surface area (Å²) >= 11 is 0. The number of nitrogens with zero attached hydrogens (tertiary/aromatic N) is 2. The van der Waals surface area contributed by atoms with Crippen LogP contribution in [0.1, 0.15) is 24.0 Å². The SMILES string of the molecule is Cc1cccc(CC(=O)N2CCN(C(=O)C3CCC(=O)N3)CC2)c1. The quantitative estimate of drug-likeness (QED) is 0.877. The van der Waals surface area contributed by atoms with Crippen LogP contribution in [0.3, 0.4) is 0 Å². The predicted molar refractivity (Wildman–Crippen MR) is 89.2 cm³/mol. The molecule has 0 saturated carbocycles. The average Bonchev–Trinajstić information content (AvgIpc) is 3.01. The first-order valence-corrected chi connectivity index (χ1v) is 8.44. The Bertz CT molecular complexity index is 651. The zero-order valence-electron chi connectivity index (χ0n) is 14.0. The molecule has 6 nitrogen and oxygen atoms in total. The molecule has 2 heterocycles. The summed E-state index contributed by atoms with van der Waals surface area (Å²) in [5.74, 6) is 0.0221. The molecule has 128 valence electrons. The second kappa shape index (κ2) is 7.03. The van der Waals surface area contributed by atoms with E-state index in [1.165, 1.54) is 0 Å². The number of benzene rings is 1. The highest BCUT2D eigenvalue weighted by atomic mass is 16.2. The van der Waals surface area contributed by atoms with Gasteiger partial charge < -0.3 is 15.1 Å². The van der Waals surface area contributed by atoms with Gasteiger partial charge in [-0.2, -0.15) is 0 Å². The Kier molecular flexibility index (Phi) is 4.83. The fourth-order valence-corrected chi connectivity index (χ4v) is 3.30. The highest BCUT2D eigenvalue weighted by molar-refractivity contribution is 5.91. The molecule has 2 aliphatic rings. The number of carbonyl (C=O) groups is 3. The van der Waals surface area contributed by atoms with E-state index in [0.717, 1.165) is 11.1 Å². The van der Waals surface area contributed by atoms with Gasteiger partial charge in [0.1, 0.15) is 6.04 Å². The lowest BCUT2D eigenvalue weighted by Crippen LogP contribution is -2.54. The average molecular weight is 329 g/mol. The van der Waals surface area contributed by atoms with E-state index >= 15 is 0 Å². The van der Waals surface area contributed by atoms with Crippen molar-refractivity contribution in [1.29, 1.82) is 0 Å². The molecule has 1 atom stereocenters. The molecule has 1 N–H and O–H groups in total. The smallest absolute Gasteiger partial charge is 0.245 e. The van der Waals surface area contributed by atoms with Crippen molar-refractivity contribution in [2.45, 2.75) is 32.2 Å². The van der Waals surface area contributed by atoms with Gasteiger partial charge in [0.15, 0.2) is 0 Å². The Morgan fingerprint density at radius 3 is 2.50 bits per heavy atom. The molecular weight excluding hydrogens is 306 g/mol. The van der Waals surface area contributed by atoms with Gasteiger partial charge >= 0.3 is 0 Å². The molecule has 6 heteroatoms. The number of nitrogens with one attached hydrogen (secondary N) is 1. The van der Waals surface area contributed by atoms with Crippen LogP contribution in [-0.4, -0.2) is 59.7 Å². The molecule has 3 rings (SSSR count). The summed E-state index contributed by atoms with van der Waals surface area (Å²) in [5.41, 5.74) is 2.17. The van der Waals surface area contributed by atoms with Crippen LogP contribution in [0, 0.1) is 6.92 Å². The minimum Gasteiger partial charge on any atom is -0.344 e. The van der Waals surface area contributed by atoms with Crippen LogP contribution in [0.4, 0.5) is 0 Å². The van der Waals surface area contributed by atoms with E-state index < -0.39 is 0 Å². The summed E-state index contributed by atoms with van der Waals surface area (Å²) in [6.07, 6.45) is 1.39. The van der Waals surface area contributed by atoms with E-state index in [0.29, 0.717) is 45.4 Å². The van der Waals surface area contributed by atoms with Gasteiger partial charge in [-0.25, -0.2) is 0 Å². The lowest BCUT2D eigenvalue weighted by Gasteiger charge is -2.36. The summed E-state index contributed by atoms with van der Waals surface area (Å²) in [4.78, 5) is 39.6. The second-order valence-corrected chi connectivity index (χ2v) is 6.53. The molecule has 1 unspecified atom stereocenters. The Morgan fingerprint density at radius 1 is 1.17 bits per heavy atom. The molecule has 0 aliphatic carbocycles. The van der Waals surface area contributed by atoms with Crippen LogP contribution in [0.5, 0.6) is 0 Å². The van der Waals surface area contributed by atoms with Gasteiger partial charge in [0.05, 0.1) is 6.42 Å². The molecule has 0 spiro atoms. The first-order valence-electron chi connectivity index (χ1n) is 8.44. The van der Waals surface area contributed by atoms with Crippen LogP contribution < -0.4 is 5.32 Å². The number of carbonyl (C=O) groups excluding carboxylic acids is 3. The topological polar surface area (TPSA) is 69.7 Å². The molecule has 3 amide bonds. The fourth-order valence-electron chi connectivity index (χ4n) is 3.30. The Morgan fingerprint density at radius 2 is 1.88 bits per heavy atom. The zero-order valence-corrected chi connectivity index (χ0v) is 14.0. The standard InChI is InChI=1S/C18H23N3O3/c1-13-3-2-4-14(11-13)12-17(23)20-7-9-21(10-8-20)18(24)15-5-6-16(22)19-15/h2-4,11,15H,5-10,12H2,1H3,(H,19,22). The first-order chi connectivity index (χ1) is 11.5. The van der Waals surface area contributed by atoms with Crippen molar-refractivity contribution in [1.82, 2.24) is 15.1 Å². The lowest BCUT2D eigenvalue weighted by molar-refractivity contribution is -0.140. The van der Waals surface area contributed by atoms with E-state index in [9.17, 15) is 14.4 Å². The lowest BCUT2D eigenvalue weighted by atomic mass is 10.1. The maximum Gasteiger partial charge on any atom is 0.245 e. The monoisotopic (exact) mass is 329 g/mol. The van der Waals surface area contributed by atoms with E-state index in [1.54, 1.807) is 4.90 Å². The molecule has 0 aromatic heterocycles. The van der Waals surface area contributed by atoms with Gasteiger partial charge in [-0.3, -0.25) is 14.4 Å². The number of aryl methyl sites for hydroxylation is 1. The van der Waals surface area contributed by atoms with Gasteiger partial charge in [0.25, 0.3) is 0 Å². The Balaban J connectivity index is 1.50. The summed E-state index contributed by atoms with van der Waals surface area (Å²) in [7, 11) is 0. The maximum absolute atomic E-state index is 12.4. The maximum atomic E-state index is 12.4. The van der Waals surface area contributed by atoms with Crippen molar-refractivity contribution in [2.24, 2.45) is 0 Å². The summed E-state index contributed by atoms with van der Waals surface area (Å²) in [6, 6.07) is 7.59. The zero-order chi connectivity index (χ0) is 17.1. The molecule has 1 aromatic rings. The highest BCUT2D eigenvalue weighted by Gasteiger charge is 2.32. The third-order valence-electron chi connectivity index (χ3n) is 4.68. The fraction of sp³-hybridized carbons (Fsp3) is 0.500. The number of hydrogen-bond donors (Lipinski definition) is 1. The molecule has 0 radical (unpaired) electrons. The van der Waals surface area contributed by atoms with Crippen LogP contribution in [0.25, 0.3) is 0 Å². The number of rotatable bonds is 3. The van der Waals surface area contributed by atoms with E-state index in [4.69, 9.17) is 0 Å². The van der Waals surface area contributed by atoms with E-state index in [1.807, 2.05) is 36.1 Å². The van der Waals surface area contributed by atoms with Crippen molar-refractivity contribution in [3.63, 3.8) is 0 Å². The summed E-state index contributed by atoms with van der Waals surface area (Å²) < 4.78 is 0. The normalized spacial score (nSPS) is 20.9. The Hall–Kier alpha value is -2.37. The van der Waals surface area contributed by atoms with Crippen molar-refractivity contribution in [3.05, 3.63) is 35.4 Å². The minimum absolute atomic E-state index is 0.0216. The number of piperazine rings is 1. The second-order valence-electron chi connectivity index (χ2n) is 6.53. The molecule has 24 heavy (non-hydrogen) atoms. The molecule has 2 fully saturated rings. The van der Waals surface area contributed by atoms with Crippen molar-refractivity contribution < 1.29 is 14.4 Å². The minimum atomic E-state index is -0.382. The largest absolute Gasteiger partial charge is 0.344 e. The first kappa shape index (κ1) is 16.5. The van der Waals surface area contributed by atoms with E-state index in [2.05, 4.69) is 5.32 Å². The number of hydrogen-bond acceptors (Lipinski definition) is 3. The Labute approximate surface area is 141 Å². The van der Waals surface area contributed by atoms with Crippen LogP contribution in [0.15, 0.2) is 24.3 Å². The van der Waals surface area contributed by atoms with Crippen molar-refractivity contribution in [2.75, 3.05) is 26.2 Å². The van der Waals surface area contributed by atoms with Gasteiger partial charge in [0, 0.05) is 32.6 Å². The summed E-state index contributed by atoms with van der Waals surface area (Å²) in [6.45, 7) is 4.18. The summed E-state index contributed by atoms with van der Waals surface area (Å²) in [5, 5.41) is 2.71. The van der Waals surface area contributed by atoms with Crippen LogP contribution >= 0.6 is 0 Å². The molecule has 2 saturated heterocycles. The number of amides is 3. The van der Waals surface area contributed by atoms with Gasteiger partial charge in [-0.1, -0.05) is 29.8 Å². The molecule has 2 aliphatic heterocycles.